The van der Waals surface area contributed by atoms with Crippen molar-refractivity contribution in [1.29, 1.82) is 0 Å². The first-order valence-corrected chi connectivity index (χ1v) is 9.27. The van der Waals surface area contributed by atoms with Crippen LogP contribution in [-0.2, 0) is 10.5 Å². The molecule has 1 aliphatic rings. The summed E-state index contributed by atoms with van der Waals surface area (Å²) in [6.07, 6.45) is 0.486. The van der Waals surface area contributed by atoms with E-state index in [1.54, 1.807) is 11.8 Å². The predicted molar refractivity (Wildman–Crippen MR) is 98.6 cm³/mol. The monoisotopic (exact) mass is 350 g/mol. The topological polar surface area (TPSA) is 69.6 Å². The summed E-state index contributed by atoms with van der Waals surface area (Å²) in [5.41, 5.74) is 2.23. The first-order chi connectivity index (χ1) is 11.2. The van der Waals surface area contributed by atoms with Gasteiger partial charge in [-0.2, -0.15) is 11.8 Å². The molecule has 0 spiro atoms. The van der Waals surface area contributed by atoms with Crippen molar-refractivity contribution in [3.8, 4) is 0 Å². The van der Waals surface area contributed by atoms with Crippen molar-refractivity contribution < 1.29 is 14.7 Å². The highest BCUT2D eigenvalue weighted by atomic mass is 32.2. The number of aliphatic carboxylic acids is 1. The van der Waals surface area contributed by atoms with Gasteiger partial charge in [-0.15, -0.1) is 0 Å². The highest BCUT2D eigenvalue weighted by molar-refractivity contribution is 7.99. The van der Waals surface area contributed by atoms with Crippen LogP contribution in [0.1, 0.15) is 38.3 Å². The summed E-state index contributed by atoms with van der Waals surface area (Å²) in [6.45, 7) is 8.75. The number of benzene rings is 1. The van der Waals surface area contributed by atoms with E-state index in [0.717, 1.165) is 17.0 Å². The lowest BCUT2D eigenvalue weighted by Crippen LogP contribution is -2.37. The zero-order valence-electron chi connectivity index (χ0n) is 14.8. The molecule has 1 aliphatic heterocycles. The number of amides is 2. The van der Waals surface area contributed by atoms with Crippen molar-refractivity contribution in [2.24, 2.45) is 5.41 Å². The third-order valence-corrected chi connectivity index (χ3v) is 5.68. The van der Waals surface area contributed by atoms with Crippen LogP contribution in [0.15, 0.2) is 18.2 Å². The molecule has 24 heavy (non-hydrogen) atoms. The number of anilines is 1. The molecule has 0 bridgehead atoms. The van der Waals surface area contributed by atoms with E-state index in [2.05, 4.69) is 25.2 Å². The van der Waals surface area contributed by atoms with Crippen molar-refractivity contribution >= 4 is 29.4 Å². The molecule has 1 aromatic carbocycles. The van der Waals surface area contributed by atoms with Crippen molar-refractivity contribution in [3.63, 3.8) is 0 Å². The molecule has 2 amide bonds. The van der Waals surface area contributed by atoms with Crippen LogP contribution in [0.3, 0.4) is 0 Å². The lowest BCUT2D eigenvalue weighted by molar-refractivity contribution is -0.146. The number of rotatable bonds is 5. The quantitative estimate of drug-likeness (QED) is 0.843. The molecule has 0 saturated carbocycles. The van der Waals surface area contributed by atoms with Crippen molar-refractivity contribution in [2.75, 3.05) is 18.4 Å². The van der Waals surface area contributed by atoms with Crippen LogP contribution in [0.2, 0.25) is 0 Å². The summed E-state index contributed by atoms with van der Waals surface area (Å²) in [4.78, 5) is 25.4. The third-order valence-electron chi connectivity index (χ3n) is 4.54. The van der Waals surface area contributed by atoms with Gasteiger partial charge < -0.3 is 15.3 Å². The van der Waals surface area contributed by atoms with Gasteiger partial charge >= 0.3 is 12.0 Å². The maximum Gasteiger partial charge on any atom is 0.321 e. The minimum Gasteiger partial charge on any atom is -0.481 e. The minimum atomic E-state index is -0.846. The van der Waals surface area contributed by atoms with Crippen LogP contribution in [-0.4, -0.2) is 40.3 Å². The molecule has 5 nitrogen and oxygen atoms in total. The van der Waals surface area contributed by atoms with Gasteiger partial charge in [0.05, 0.1) is 5.41 Å². The molecule has 6 heteroatoms. The molecule has 1 aromatic rings. The van der Waals surface area contributed by atoms with E-state index in [4.69, 9.17) is 0 Å². The predicted octanol–water partition coefficient (Wildman–Crippen LogP) is 3.97. The number of hydrogen-bond donors (Lipinski definition) is 2. The molecule has 132 valence electrons. The van der Waals surface area contributed by atoms with Gasteiger partial charge in [-0.05, 0) is 42.7 Å². The normalized spacial score (nSPS) is 20.5. The van der Waals surface area contributed by atoms with Gasteiger partial charge in [-0.1, -0.05) is 26.0 Å². The number of thioether (sulfide) groups is 1. The second kappa shape index (κ2) is 7.47. The fraction of sp³-hybridized carbons (Fsp3) is 0.556. The van der Waals surface area contributed by atoms with E-state index in [0.29, 0.717) is 18.2 Å². The van der Waals surface area contributed by atoms with Crippen LogP contribution in [0.4, 0.5) is 10.5 Å². The Morgan fingerprint density at radius 3 is 2.71 bits per heavy atom. The largest absolute Gasteiger partial charge is 0.481 e. The number of carboxylic acid groups (broad SMARTS) is 1. The van der Waals surface area contributed by atoms with E-state index in [1.807, 2.05) is 30.8 Å². The number of urea groups is 1. The van der Waals surface area contributed by atoms with Crippen molar-refractivity contribution in [2.45, 2.75) is 45.1 Å². The zero-order valence-corrected chi connectivity index (χ0v) is 15.6. The van der Waals surface area contributed by atoms with Gasteiger partial charge in [0.15, 0.2) is 0 Å². The number of carbonyl (C=O) groups is 2. The Bertz CT molecular complexity index is 633. The Labute approximate surface area is 147 Å². The van der Waals surface area contributed by atoms with Gasteiger partial charge in [0.1, 0.15) is 0 Å². The molecular weight excluding hydrogens is 324 g/mol. The highest BCUT2D eigenvalue weighted by Crippen LogP contribution is 2.31. The van der Waals surface area contributed by atoms with Gasteiger partial charge in [-0.3, -0.25) is 4.79 Å². The van der Waals surface area contributed by atoms with Gasteiger partial charge in [0, 0.05) is 24.5 Å². The van der Waals surface area contributed by atoms with E-state index < -0.39 is 11.4 Å². The zero-order chi connectivity index (χ0) is 17.9. The number of nitrogens with zero attached hydrogens (tertiary/aromatic N) is 1. The number of hydrogen-bond acceptors (Lipinski definition) is 3. The van der Waals surface area contributed by atoms with E-state index >= 15 is 0 Å². The molecule has 1 saturated heterocycles. The molecule has 2 N–H and O–H groups in total. The van der Waals surface area contributed by atoms with E-state index in [-0.39, 0.29) is 12.6 Å². The summed E-state index contributed by atoms with van der Waals surface area (Å²) < 4.78 is 0. The molecule has 1 heterocycles. The average Bonchev–Trinajstić information content (AvgIpc) is 2.92. The maximum absolute atomic E-state index is 12.5. The second-order valence-corrected chi connectivity index (χ2v) is 8.48. The van der Waals surface area contributed by atoms with Crippen LogP contribution >= 0.6 is 11.8 Å². The number of likely N-dealkylation sites (tertiary alicyclic amines) is 1. The Balaban J connectivity index is 2.05. The summed E-state index contributed by atoms with van der Waals surface area (Å²) in [5, 5.41) is 12.8. The highest BCUT2D eigenvalue weighted by Gasteiger charge is 2.42. The summed E-state index contributed by atoms with van der Waals surface area (Å²) in [7, 11) is 0. The van der Waals surface area contributed by atoms with Gasteiger partial charge in [0.2, 0.25) is 0 Å². The lowest BCUT2D eigenvalue weighted by Gasteiger charge is -2.21. The summed E-state index contributed by atoms with van der Waals surface area (Å²) in [5.74, 6) is 0.0651. The van der Waals surface area contributed by atoms with E-state index in [9.17, 15) is 14.7 Å². The standard InChI is InChI=1S/C18H26N2O3S/c1-12(2)24-10-14-6-5-7-15(13(14)3)19-17(23)20-9-8-18(4,11-20)16(21)22/h5-7,12H,8-11H2,1-4H3,(H,19,23)(H,21,22). The van der Waals surface area contributed by atoms with Crippen LogP contribution in [0, 0.1) is 12.3 Å². The number of carbonyl (C=O) groups excluding carboxylic acids is 1. The first kappa shape index (κ1) is 18.6. The maximum atomic E-state index is 12.5. The molecule has 0 aromatic heterocycles. The molecule has 1 unspecified atom stereocenters. The molecule has 1 fully saturated rings. The van der Waals surface area contributed by atoms with Crippen molar-refractivity contribution in [3.05, 3.63) is 29.3 Å². The third kappa shape index (κ3) is 4.23. The lowest BCUT2D eigenvalue weighted by atomic mass is 9.90. The Morgan fingerprint density at radius 2 is 2.12 bits per heavy atom. The molecule has 0 radical (unpaired) electrons. The van der Waals surface area contributed by atoms with Gasteiger partial charge in [-0.25, -0.2) is 4.79 Å². The minimum absolute atomic E-state index is 0.225. The van der Waals surface area contributed by atoms with E-state index in [1.165, 1.54) is 5.56 Å². The number of carboxylic acids is 1. The molecular formula is C18H26N2O3S. The Hall–Kier alpha value is -1.69. The number of nitrogens with one attached hydrogen (secondary N) is 1. The first-order valence-electron chi connectivity index (χ1n) is 8.22. The van der Waals surface area contributed by atoms with Crippen LogP contribution < -0.4 is 5.32 Å². The Kier molecular flexibility index (Phi) is 5.80. The fourth-order valence-electron chi connectivity index (χ4n) is 2.73. The van der Waals surface area contributed by atoms with Crippen LogP contribution in [0.5, 0.6) is 0 Å². The fourth-order valence-corrected chi connectivity index (χ4v) is 3.56. The summed E-state index contributed by atoms with van der Waals surface area (Å²) in [6, 6.07) is 5.70. The molecule has 1 atom stereocenters. The molecule has 0 aliphatic carbocycles. The smallest absolute Gasteiger partial charge is 0.321 e. The van der Waals surface area contributed by atoms with Crippen molar-refractivity contribution in [1.82, 2.24) is 4.90 Å². The Morgan fingerprint density at radius 1 is 1.42 bits per heavy atom. The van der Waals surface area contributed by atoms with Gasteiger partial charge in [0.25, 0.3) is 0 Å². The SMILES string of the molecule is Cc1c(CSC(C)C)cccc1NC(=O)N1CCC(C)(C(=O)O)C1. The average molecular weight is 350 g/mol. The second-order valence-electron chi connectivity index (χ2n) is 6.92. The summed E-state index contributed by atoms with van der Waals surface area (Å²) >= 11 is 1.87. The van der Waals surface area contributed by atoms with Crippen LogP contribution in [0.25, 0.3) is 0 Å². The molecule has 2 rings (SSSR count).